The van der Waals surface area contributed by atoms with Gasteiger partial charge in [0.15, 0.2) is 5.71 Å². The van der Waals surface area contributed by atoms with Crippen molar-refractivity contribution < 1.29 is 9.53 Å². The van der Waals surface area contributed by atoms with Gasteiger partial charge in [0.25, 0.3) is 0 Å². The molecule has 0 atom stereocenters. The highest BCUT2D eigenvalue weighted by molar-refractivity contribution is 6.45. The third kappa shape index (κ3) is 3.75. The molecule has 1 heterocycles. The molecule has 4 heteroatoms. The third-order valence-electron chi connectivity index (χ3n) is 4.09. The number of hydrogen-bond acceptors (Lipinski definition) is 4. The maximum absolute atomic E-state index is 12.2. The van der Waals surface area contributed by atoms with E-state index in [4.69, 9.17) is 4.74 Å². The lowest BCUT2D eigenvalue weighted by molar-refractivity contribution is -0.128. The Morgan fingerprint density at radius 2 is 1.22 bits per heavy atom. The number of esters is 1. The van der Waals surface area contributed by atoms with Crippen molar-refractivity contribution in [2.24, 2.45) is 10.2 Å². The second-order valence-electron chi connectivity index (χ2n) is 5.93. The van der Waals surface area contributed by atoms with Gasteiger partial charge in [-0.05, 0) is 0 Å². The van der Waals surface area contributed by atoms with Crippen LogP contribution in [0.25, 0.3) is 5.76 Å². The Bertz CT molecular complexity index is 996. The Labute approximate surface area is 157 Å². The van der Waals surface area contributed by atoms with Gasteiger partial charge in [-0.15, -0.1) is 10.2 Å². The largest absolute Gasteiger partial charge is 0.421 e. The monoisotopic (exact) mass is 352 g/mol. The van der Waals surface area contributed by atoms with Crippen LogP contribution in [0.1, 0.15) is 16.7 Å². The molecule has 0 fully saturated rings. The van der Waals surface area contributed by atoms with Crippen molar-refractivity contribution in [2.45, 2.75) is 0 Å². The van der Waals surface area contributed by atoms with Crippen LogP contribution in [0.15, 0.2) is 107 Å². The number of rotatable bonds is 4. The Balaban J connectivity index is 1.73. The fourth-order valence-corrected chi connectivity index (χ4v) is 2.76. The summed E-state index contributed by atoms with van der Waals surface area (Å²) in [5, 5.41) is 8.57. The predicted molar refractivity (Wildman–Crippen MR) is 106 cm³/mol. The molecule has 1 aliphatic rings. The van der Waals surface area contributed by atoms with Crippen LogP contribution < -0.4 is 0 Å². The highest BCUT2D eigenvalue weighted by atomic mass is 16.5. The molecule has 0 N–H and O–H groups in total. The molecule has 0 unspecified atom stereocenters. The Kier molecular flexibility index (Phi) is 4.70. The number of nitrogens with zero attached hydrogens (tertiary/aromatic N) is 2. The van der Waals surface area contributed by atoms with E-state index in [1.54, 1.807) is 6.08 Å². The summed E-state index contributed by atoms with van der Waals surface area (Å²) >= 11 is 0. The Hall–Kier alpha value is -3.79. The quantitative estimate of drug-likeness (QED) is 0.395. The lowest BCUT2D eigenvalue weighted by Crippen LogP contribution is -2.08. The maximum atomic E-state index is 12.2. The normalized spacial score (nSPS) is 14.6. The topological polar surface area (TPSA) is 51.0 Å². The first-order valence-electron chi connectivity index (χ1n) is 8.57. The van der Waals surface area contributed by atoms with E-state index < -0.39 is 5.97 Å². The van der Waals surface area contributed by atoms with Crippen LogP contribution in [0.5, 0.6) is 0 Å². The molecule has 3 aromatic rings. The van der Waals surface area contributed by atoms with Gasteiger partial charge >= 0.3 is 5.97 Å². The van der Waals surface area contributed by atoms with E-state index in [0.29, 0.717) is 11.5 Å². The molecule has 130 valence electrons. The molecule has 0 radical (unpaired) electrons. The van der Waals surface area contributed by atoms with Gasteiger partial charge in [-0.25, -0.2) is 4.79 Å². The van der Waals surface area contributed by atoms with Crippen molar-refractivity contribution in [3.63, 3.8) is 0 Å². The van der Waals surface area contributed by atoms with Gasteiger partial charge in [0.2, 0.25) is 0 Å². The highest BCUT2D eigenvalue weighted by Gasteiger charge is 2.23. The summed E-state index contributed by atoms with van der Waals surface area (Å²) in [6.45, 7) is 0. The smallest absolute Gasteiger partial charge is 0.364 e. The predicted octanol–water partition coefficient (Wildman–Crippen LogP) is 4.48. The molecule has 0 amide bonds. The average Bonchev–Trinajstić information content (AvgIpc) is 3.11. The molecular formula is C23H16N2O2. The van der Waals surface area contributed by atoms with Gasteiger partial charge in [-0.3, -0.25) is 0 Å². The van der Waals surface area contributed by atoms with Crippen molar-refractivity contribution in [1.29, 1.82) is 0 Å². The van der Waals surface area contributed by atoms with Crippen LogP contribution in [-0.4, -0.2) is 17.4 Å². The van der Waals surface area contributed by atoms with Gasteiger partial charge in [0.1, 0.15) is 11.5 Å². The lowest BCUT2D eigenvalue weighted by atomic mass is 10.0. The molecule has 0 saturated carbocycles. The molecule has 0 bridgehead atoms. The summed E-state index contributed by atoms with van der Waals surface area (Å²) < 4.78 is 5.33. The fourth-order valence-electron chi connectivity index (χ4n) is 2.76. The maximum Gasteiger partial charge on any atom is 0.364 e. The van der Waals surface area contributed by atoms with Crippen molar-refractivity contribution in [2.75, 3.05) is 0 Å². The average molecular weight is 352 g/mol. The van der Waals surface area contributed by atoms with E-state index in [0.717, 1.165) is 16.7 Å². The summed E-state index contributed by atoms with van der Waals surface area (Å²) in [4.78, 5) is 12.2. The lowest BCUT2D eigenvalue weighted by Gasteiger charge is -2.05. The van der Waals surface area contributed by atoms with Gasteiger partial charge in [-0.2, -0.15) is 0 Å². The minimum Gasteiger partial charge on any atom is -0.421 e. The van der Waals surface area contributed by atoms with E-state index in [1.165, 1.54) is 0 Å². The number of benzene rings is 3. The molecule has 1 aliphatic heterocycles. The number of carbonyl (C=O) groups is 1. The van der Waals surface area contributed by atoms with Crippen LogP contribution in [0.4, 0.5) is 0 Å². The first kappa shape index (κ1) is 16.7. The molecule has 0 aromatic heterocycles. The van der Waals surface area contributed by atoms with E-state index in [1.807, 2.05) is 91.0 Å². The molecular weight excluding hydrogens is 336 g/mol. The molecule has 0 spiro atoms. The van der Waals surface area contributed by atoms with E-state index in [-0.39, 0.29) is 5.71 Å². The minimum atomic E-state index is -0.502. The second kappa shape index (κ2) is 7.62. The Morgan fingerprint density at radius 3 is 1.78 bits per heavy atom. The van der Waals surface area contributed by atoms with Crippen molar-refractivity contribution in [3.8, 4) is 0 Å². The van der Waals surface area contributed by atoms with Gasteiger partial charge < -0.3 is 4.74 Å². The summed E-state index contributed by atoms with van der Waals surface area (Å²) in [6.07, 6.45) is 1.62. The number of carbonyl (C=O) groups excluding carboxylic acids is 1. The number of cyclic esters (lactones) is 1. The number of hydrogen-bond donors (Lipinski definition) is 0. The minimum absolute atomic E-state index is 0.179. The standard InChI is InChI=1S/C23H16N2O2/c26-23-20(16-21(27-23)17-10-4-1-5-11-17)24-25-22(18-12-6-2-7-13-18)19-14-8-3-9-15-19/h1-16H/b24-20+. The van der Waals surface area contributed by atoms with Gasteiger partial charge in [0, 0.05) is 22.8 Å². The van der Waals surface area contributed by atoms with Crippen LogP contribution >= 0.6 is 0 Å². The highest BCUT2D eigenvalue weighted by Crippen LogP contribution is 2.21. The number of ether oxygens (including phenoxy) is 1. The van der Waals surface area contributed by atoms with Crippen molar-refractivity contribution in [1.82, 2.24) is 0 Å². The first-order chi connectivity index (χ1) is 13.3. The fraction of sp³-hybridized carbons (Fsp3) is 0. The van der Waals surface area contributed by atoms with E-state index in [2.05, 4.69) is 10.2 Å². The zero-order chi connectivity index (χ0) is 18.5. The third-order valence-corrected chi connectivity index (χ3v) is 4.09. The molecule has 0 saturated heterocycles. The van der Waals surface area contributed by atoms with Gasteiger partial charge in [0.05, 0.1) is 0 Å². The molecule has 4 rings (SSSR count). The first-order valence-corrected chi connectivity index (χ1v) is 8.57. The molecule has 0 aliphatic carbocycles. The van der Waals surface area contributed by atoms with E-state index in [9.17, 15) is 4.79 Å². The molecule has 27 heavy (non-hydrogen) atoms. The van der Waals surface area contributed by atoms with Crippen LogP contribution in [0.3, 0.4) is 0 Å². The zero-order valence-electron chi connectivity index (χ0n) is 14.4. The zero-order valence-corrected chi connectivity index (χ0v) is 14.4. The van der Waals surface area contributed by atoms with E-state index >= 15 is 0 Å². The van der Waals surface area contributed by atoms with Gasteiger partial charge in [-0.1, -0.05) is 91.0 Å². The summed E-state index contributed by atoms with van der Waals surface area (Å²) in [5.74, 6) is -0.0198. The Morgan fingerprint density at radius 1 is 0.704 bits per heavy atom. The SMILES string of the molecule is O=C1OC(c2ccccc2)=C/C1=N\N=C(c1ccccc1)c1ccccc1. The second-order valence-corrected chi connectivity index (χ2v) is 5.93. The van der Waals surface area contributed by atoms with Crippen LogP contribution in [0.2, 0.25) is 0 Å². The molecule has 3 aromatic carbocycles. The summed E-state index contributed by atoms with van der Waals surface area (Å²) in [6, 6.07) is 29.0. The van der Waals surface area contributed by atoms with Crippen molar-refractivity contribution in [3.05, 3.63) is 114 Å². The summed E-state index contributed by atoms with van der Waals surface area (Å²) in [5.41, 5.74) is 3.54. The molecule has 4 nitrogen and oxygen atoms in total. The van der Waals surface area contributed by atoms with Crippen LogP contribution in [0, 0.1) is 0 Å². The van der Waals surface area contributed by atoms with Crippen LogP contribution in [-0.2, 0) is 9.53 Å². The summed E-state index contributed by atoms with van der Waals surface area (Å²) in [7, 11) is 0. The van der Waals surface area contributed by atoms with Crippen molar-refractivity contribution >= 4 is 23.2 Å².